The molecular formula is C60H47NSi. The lowest BCUT2D eigenvalue weighted by Crippen LogP contribution is -2.72. The summed E-state index contributed by atoms with van der Waals surface area (Å²) in [7, 11) is -2.69. The van der Waals surface area contributed by atoms with Gasteiger partial charge in [-0.25, -0.2) is 0 Å². The zero-order valence-electron chi connectivity index (χ0n) is 35.7. The van der Waals surface area contributed by atoms with Crippen LogP contribution in [0, 0.1) is 0 Å². The molecule has 0 fully saturated rings. The van der Waals surface area contributed by atoms with Gasteiger partial charge < -0.3 is 4.90 Å². The third kappa shape index (κ3) is 5.02. The molecule has 1 nitrogen and oxygen atoms in total. The molecule has 0 N–H and O–H groups in total. The number of hydrogen-bond acceptors (Lipinski definition) is 1. The van der Waals surface area contributed by atoms with Crippen LogP contribution in [0.15, 0.2) is 212 Å². The topological polar surface area (TPSA) is 3.24 Å². The number of nitrogens with zero attached hydrogens (tertiary/aromatic N) is 1. The van der Waals surface area contributed by atoms with Crippen molar-refractivity contribution in [3.8, 4) is 44.5 Å². The Balaban J connectivity index is 1.12. The van der Waals surface area contributed by atoms with Gasteiger partial charge in [-0.05, 0) is 112 Å². The molecular weight excluding hydrogens is 763 g/mol. The molecule has 0 bridgehead atoms. The van der Waals surface area contributed by atoms with Gasteiger partial charge in [-0.2, -0.15) is 0 Å². The summed E-state index contributed by atoms with van der Waals surface area (Å²) in [5.74, 6) is 0. The Morgan fingerprint density at radius 3 is 1.31 bits per heavy atom. The van der Waals surface area contributed by atoms with Crippen LogP contribution >= 0.6 is 0 Å². The first-order chi connectivity index (χ1) is 30.3. The second-order valence-electron chi connectivity index (χ2n) is 18.4. The van der Waals surface area contributed by atoms with Crippen LogP contribution in [0.5, 0.6) is 0 Å². The highest BCUT2D eigenvalue weighted by Crippen LogP contribution is 2.54. The van der Waals surface area contributed by atoms with E-state index in [-0.39, 0.29) is 10.8 Å². The Morgan fingerprint density at radius 1 is 0.323 bits per heavy atom. The molecule has 9 aromatic rings. The third-order valence-corrected chi connectivity index (χ3v) is 19.4. The average molecular weight is 810 g/mol. The first-order valence-corrected chi connectivity index (χ1v) is 24.0. The number of rotatable bonds is 6. The molecule has 0 radical (unpaired) electrons. The highest BCUT2D eigenvalue weighted by molar-refractivity contribution is 7.22. The fourth-order valence-corrected chi connectivity index (χ4v) is 16.9. The summed E-state index contributed by atoms with van der Waals surface area (Å²) in [6, 6.07) is 80.5. The minimum Gasteiger partial charge on any atom is -0.310 e. The van der Waals surface area contributed by atoms with Crippen LogP contribution in [-0.2, 0) is 10.8 Å². The van der Waals surface area contributed by atoms with Crippen molar-refractivity contribution in [2.24, 2.45) is 0 Å². The fourth-order valence-electron chi connectivity index (χ4n) is 11.7. The van der Waals surface area contributed by atoms with Crippen molar-refractivity contribution < 1.29 is 0 Å². The summed E-state index contributed by atoms with van der Waals surface area (Å²) in [6.07, 6.45) is 0. The maximum absolute atomic E-state index is 2.69. The van der Waals surface area contributed by atoms with Crippen LogP contribution in [-0.4, -0.2) is 8.07 Å². The molecule has 9 aromatic carbocycles. The third-order valence-electron chi connectivity index (χ3n) is 14.6. The van der Waals surface area contributed by atoms with E-state index in [1.807, 2.05) is 0 Å². The van der Waals surface area contributed by atoms with Crippen molar-refractivity contribution in [1.29, 1.82) is 0 Å². The SMILES string of the molecule is CC1(C)c2ccccc2-c2ccc(N(c3ccc4c(c3)C(C)(C)c3ccccc3-4)c3ccccc3-c3cccc4c3-c3ccccc3[Si]4(c3ccccc3)c3ccccc3)cc21. The first kappa shape index (κ1) is 36.8. The smallest absolute Gasteiger partial charge is 0.180 e. The standard InChI is InChI=1S/C60H47NSi/c1-59(2)51-29-15-11-24-44(51)46-36-34-40(38-53(46)59)61(41-35-37-47-45-25-12-16-30-52(45)60(3,4)54(47)39-41)55-31-17-13-26-48(55)49-28-19-33-57-58(49)50-27-14-18-32-56(50)62(57,42-20-7-5-8-21-42)43-22-9-6-10-23-43/h5-39H,1-4H3. The number of para-hydroxylation sites is 1. The molecule has 12 rings (SSSR count). The predicted molar refractivity (Wildman–Crippen MR) is 264 cm³/mol. The zero-order chi connectivity index (χ0) is 41.8. The molecule has 0 atom stereocenters. The van der Waals surface area contributed by atoms with E-state index < -0.39 is 8.07 Å². The molecule has 296 valence electrons. The van der Waals surface area contributed by atoms with E-state index in [1.54, 1.807) is 0 Å². The first-order valence-electron chi connectivity index (χ1n) is 22.0. The van der Waals surface area contributed by atoms with E-state index in [0.29, 0.717) is 0 Å². The van der Waals surface area contributed by atoms with Crippen molar-refractivity contribution in [2.75, 3.05) is 4.90 Å². The largest absolute Gasteiger partial charge is 0.310 e. The Bertz CT molecular complexity index is 3100. The van der Waals surface area contributed by atoms with Crippen LogP contribution in [0.1, 0.15) is 49.9 Å². The minimum atomic E-state index is -2.69. The summed E-state index contributed by atoms with van der Waals surface area (Å²) in [5.41, 5.74) is 19.2. The Morgan fingerprint density at radius 2 is 0.742 bits per heavy atom. The van der Waals surface area contributed by atoms with E-state index in [9.17, 15) is 0 Å². The molecule has 0 saturated carbocycles. The Hall–Kier alpha value is -7.00. The highest BCUT2D eigenvalue weighted by atomic mass is 28.3. The van der Waals surface area contributed by atoms with Gasteiger partial charge in [0.05, 0.1) is 5.69 Å². The molecule has 0 unspecified atom stereocenters. The van der Waals surface area contributed by atoms with E-state index >= 15 is 0 Å². The molecule has 0 saturated heterocycles. The predicted octanol–water partition coefficient (Wildman–Crippen LogP) is 12.8. The van der Waals surface area contributed by atoms with Crippen molar-refractivity contribution >= 4 is 45.9 Å². The maximum Gasteiger partial charge on any atom is 0.180 e. The molecule has 0 aromatic heterocycles. The minimum absolute atomic E-state index is 0.137. The van der Waals surface area contributed by atoms with Gasteiger partial charge in [-0.3, -0.25) is 0 Å². The van der Waals surface area contributed by atoms with Gasteiger partial charge in [-0.1, -0.05) is 210 Å². The normalized spacial score (nSPS) is 15.2. The summed E-state index contributed by atoms with van der Waals surface area (Å²) < 4.78 is 0. The molecule has 62 heavy (non-hydrogen) atoms. The summed E-state index contributed by atoms with van der Waals surface area (Å²) in [4.78, 5) is 2.55. The van der Waals surface area contributed by atoms with Crippen molar-refractivity contribution in [2.45, 2.75) is 38.5 Å². The Kier molecular flexibility index (Phi) is 8.02. The van der Waals surface area contributed by atoms with Crippen molar-refractivity contribution in [3.05, 3.63) is 235 Å². The molecule has 2 aliphatic carbocycles. The van der Waals surface area contributed by atoms with Gasteiger partial charge in [0.1, 0.15) is 0 Å². The number of anilines is 3. The van der Waals surface area contributed by atoms with Crippen LogP contribution in [0.25, 0.3) is 44.5 Å². The lowest BCUT2D eigenvalue weighted by atomic mass is 9.82. The maximum atomic E-state index is 2.55. The van der Waals surface area contributed by atoms with E-state index in [1.165, 1.54) is 93.2 Å². The fraction of sp³-hybridized carbons (Fsp3) is 0.100. The van der Waals surface area contributed by atoms with Crippen LogP contribution in [0.4, 0.5) is 17.1 Å². The van der Waals surface area contributed by atoms with Gasteiger partial charge in [-0.15, -0.1) is 0 Å². The van der Waals surface area contributed by atoms with Gasteiger partial charge in [0.15, 0.2) is 8.07 Å². The lowest BCUT2D eigenvalue weighted by Gasteiger charge is -2.32. The zero-order valence-corrected chi connectivity index (χ0v) is 36.7. The molecule has 3 aliphatic rings. The summed E-state index contributed by atoms with van der Waals surface area (Å²) in [5, 5.41) is 5.72. The molecule has 2 heteroatoms. The monoisotopic (exact) mass is 809 g/mol. The van der Waals surface area contributed by atoms with E-state index in [4.69, 9.17) is 0 Å². The second-order valence-corrected chi connectivity index (χ2v) is 22.1. The second kappa shape index (κ2) is 13.5. The molecule has 0 spiro atoms. The number of fused-ring (bicyclic) bond motifs is 9. The van der Waals surface area contributed by atoms with Gasteiger partial charge in [0.2, 0.25) is 0 Å². The van der Waals surface area contributed by atoms with Crippen LogP contribution in [0.3, 0.4) is 0 Å². The van der Waals surface area contributed by atoms with Crippen molar-refractivity contribution in [3.63, 3.8) is 0 Å². The summed E-state index contributed by atoms with van der Waals surface area (Å²) >= 11 is 0. The van der Waals surface area contributed by atoms with Crippen molar-refractivity contribution in [1.82, 2.24) is 0 Å². The number of benzene rings is 9. The van der Waals surface area contributed by atoms with E-state index in [0.717, 1.165) is 11.4 Å². The Labute approximate surface area is 366 Å². The van der Waals surface area contributed by atoms with Gasteiger partial charge in [0.25, 0.3) is 0 Å². The number of hydrogen-bond donors (Lipinski definition) is 0. The average Bonchev–Trinajstić information content (AvgIpc) is 3.85. The van der Waals surface area contributed by atoms with Crippen LogP contribution < -0.4 is 25.6 Å². The molecule has 0 amide bonds. The van der Waals surface area contributed by atoms with E-state index in [2.05, 4.69) is 245 Å². The lowest BCUT2D eigenvalue weighted by molar-refractivity contribution is 0.660. The quantitative estimate of drug-likeness (QED) is 0.151. The van der Waals surface area contributed by atoms with Gasteiger partial charge in [0, 0.05) is 27.8 Å². The van der Waals surface area contributed by atoms with Gasteiger partial charge >= 0.3 is 0 Å². The molecule has 1 aliphatic heterocycles. The highest BCUT2D eigenvalue weighted by Gasteiger charge is 2.49. The van der Waals surface area contributed by atoms with Crippen LogP contribution in [0.2, 0.25) is 0 Å². The molecule has 1 heterocycles. The summed E-state index contributed by atoms with van der Waals surface area (Å²) in [6.45, 7) is 9.54.